The smallest absolute Gasteiger partial charge is 0.0537 e. The summed E-state index contributed by atoms with van der Waals surface area (Å²) in [5, 5.41) is 7.83. The number of rotatable bonds is 6. The summed E-state index contributed by atoms with van der Waals surface area (Å²) in [6.07, 6.45) is 4.23. The topological polar surface area (TPSA) is 29.9 Å². The molecule has 2 aromatic rings. The minimum atomic E-state index is 0.514. The van der Waals surface area contributed by atoms with Crippen molar-refractivity contribution in [3.8, 4) is 0 Å². The van der Waals surface area contributed by atoms with Crippen LogP contribution in [0.25, 0.3) is 0 Å². The molecule has 0 aliphatic heterocycles. The third kappa shape index (κ3) is 3.93. The van der Waals surface area contributed by atoms with Gasteiger partial charge in [-0.05, 0) is 32.3 Å². The van der Waals surface area contributed by atoms with Crippen LogP contribution in [0.3, 0.4) is 0 Å². The first-order valence-electron chi connectivity index (χ1n) is 6.91. The van der Waals surface area contributed by atoms with Crippen molar-refractivity contribution >= 4 is 0 Å². The Balaban J connectivity index is 1.76. The summed E-state index contributed by atoms with van der Waals surface area (Å²) in [5.41, 5.74) is 3.94. The molecule has 1 atom stereocenters. The molecular formula is C16H23N3. The second kappa shape index (κ2) is 6.53. The van der Waals surface area contributed by atoms with Crippen molar-refractivity contribution in [2.75, 3.05) is 0 Å². The summed E-state index contributed by atoms with van der Waals surface area (Å²) in [6.45, 7) is 5.25. The molecule has 19 heavy (non-hydrogen) atoms. The first-order chi connectivity index (χ1) is 9.16. The summed E-state index contributed by atoms with van der Waals surface area (Å²) in [4.78, 5) is 0. The van der Waals surface area contributed by atoms with Gasteiger partial charge in [0.1, 0.15) is 0 Å². The van der Waals surface area contributed by atoms with E-state index in [9.17, 15) is 0 Å². The second-order valence-corrected chi connectivity index (χ2v) is 5.19. The van der Waals surface area contributed by atoms with Gasteiger partial charge in [0.15, 0.2) is 0 Å². The molecule has 0 saturated heterocycles. The Hall–Kier alpha value is -1.61. The van der Waals surface area contributed by atoms with E-state index in [1.165, 1.54) is 16.8 Å². The number of hydrogen-bond acceptors (Lipinski definition) is 2. The maximum Gasteiger partial charge on any atom is 0.0537 e. The van der Waals surface area contributed by atoms with Crippen LogP contribution in [-0.2, 0) is 20.0 Å². The predicted molar refractivity (Wildman–Crippen MR) is 79.0 cm³/mol. The quantitative estimate of drug-likeness (QED) is 0.862. The van der Waals surface area contributed by atoms with Gasteiger partial charge in [0.2, 0.25) is 0 Å². The van der Waals surface area contributed by atoms with E-state index in [1.807, 2.05) is 17.9 Å². The first kappa shape index (κ1) is 13.8. The van der Waals surface area contributed by atoms with E-state index in [0.29, 0.717) is 6.04 Å². The van der Waals surface area contributed by atoms with Crippen LogP contribution in [0.15, 0.2) is 36.5 Å². The SMILES string of the molecule is Cc1c(CNC(C)CCc2ccccc2)cnn1C. The normalized spacial score (nSPS) is 12.6. The highest BCUT2D eigenvalue weighted by atomic mass is 15.3. The van der Waals surface area contributed by atoms with E-state index in [4.69, 9.17) is 0 Å². The summed E-state index contributed by atoms with van der Waals surface area (Å²) < 4.78 is 1.92. The van der Waals surface area contributed by atoms with Crippen molar-refractivity contribution in [3.05, 3.63) is 53.3 Å². The highest BCUT2D eigenvalue weighted by molar-refractivity contribution is 5.16. The van der Waals surface area contributed by atoms with Crippen molar-refractivity contribution in [1.29, 1.82) is 0 Å². The van der Waals surface area contributed by atoms with Crippen LogP contribution in [0.2, 0.25) is 0 Å². The highest BCUT2D eigenvalue weighted by Crippen LogP contribution is 2.08. The van der Waals surface area contributed by atoms with Gasteiger partial charge in [0.25, 0.3) is 0 Å². The number of aromatic nitrogens is 2. The zero-order chi connectivity index (χ0) is 13.7. The molecule has 0 spiro atoms. The fourth-order valence-corrected chi connectivity index (χ4v) is 2.13. The van der Waals surface area contributed by atoms with Gasteiger partial charge in [0.05, 0.1) is 6.20 Å². The van der Waals surface area contributed by atoms with Crippen molar-refractivity contribution in [2.45, 2.75) is 39.3 Å². The van der Waals surface area contributed by atoms with E-state index in [2.05, 4.69) is 54.6 Å². The van der Waals surface area contributed by atoms with Crippen LogP contribution in [0.4, 0.5) is 0 Å². The summed E-state index contributed by atoms with van der Waals surface area (Å²) in [6, 6.07) is 11.2. The van der Waals surface area contributed by atoms with Crippen LogP contribution in [0.1, 0.15) is 30.2 Å². The molecule has 0 radical (unpaired) electrons. The predicted octanol–water partition coefficient (Wildman–Crippen LogP) is 2.84. The van der Waals surface area contributed by atoms with Crippen LogP contribution in [0.5, 0.6) is 0 Å². The van der Waals surface area contributed by atoms with Crippen LogP contribution in [0, 0.1) is 6.92 Å². The minimum absolute atomic E-state index is 0.514. The Labute approximate surface area is 115 Å². The molecule has 102 valence electrons. The number of nitrogens with zero attached hydrogens (tertiary/aromatic N) is 2. The van der Waals surface area contributed by atoms with Crippen LogP contribution in [-0.4, -0.2) is 15.8 Å². The Kier molecular flexibility index (Phi) is 4.74. The first-order valence-corrected chi connectivity index (χ1v) is 6.91. The van der Waals surface area contributed by atoms with Gasteiger partial charge in [-0.3, -0.25) is 4.68 Å². The molecule has 1 aromatic carbocycles. The monoisotopic (exact) mass is 257 g/mol. The molecule has 1 unspecified atom stereocenters. The molecule has 0 aliphatic carbocycles. The third-order valence-electron chi connectivity index (χ3n) is 3.69. The average Bonchev–Trinajstić information content (AvgIpc) is 2.75. The maximum atomic E-state index is 4.26. The van der Waals surface area contributed by atoms with Crippen molar-refractivity contribution in [1.82, 2.24) is 15.1 Å². The number of benzene rings is 1. The lowest BCUT2D eigenvalue weighted by molar-refractivity contribution is 0.513. The lowest BCUT2D eigenvalue weighted by atomic mass is 10.1. The number of hydrogen-bond donors (Lipinski definition) is 1. The highest BCUT2D eigenvalue weighted by Gasteiger charge is 2.06. The molecule has 3 nitrogen and oxygen atoms in total. The molecule has 2 rings (SSSR count). The van der Waals surface area contributed by atoms with E-state index in [0.717, 1.165) is 19.4 Å². The van der Waals surface area contributed by atoms with Crippen molar-refractivity contribution in [3.63, 3.8) is 0 Å². The third-order valence-corrected chi connectivity index (χ3v) is 3.69. The molecule has 0 bridgehead atoms. The van der Waals surface area contributed by atoms with Gasteiger partial charge >= 0.3 is 0 Å². The average molecular weight is 257 g/mol. The summed E-state index contributed by atoms with van der Waals surface area (Å²) in [5.74, 6) is 0. The molecule has 1 aromatic heterocycles. The minimum Gasteiger partial charge on any atom is -0.310 e. The van der Waals surface area contributed by atoms with Crippen LogP contribution >= 0.6 is 0 Å². The molecule has 3 heteroatoms. The van der Waals surface area contributed by atoms with Gasteiger partial charge in [-0.15, -0.1) is 0 Å². The Morgan fingerprint density at radius 3 is 2.63 bits per heavy atom. The zero-order valence-corrected chi connectivity index (χ0v) is 12.1. The van der Waals surface area contributed by atoms with Gasteiger partial charge in [-0.25, -0.2) is 0 Å². The van der Waals surface area contributed by atoms with E-state index >= 15 is 0 Å². The molecule has 0 saturated carbocycles. The van der Waals surface area contributed by atoms with E-state index in [-0.39, 0.29) is 0 Å². The Morgan fingerprint density at radius 2 is 2.00 bits per heavy atom. The molecule has 1 N–H and O–H groups in total. The fraction of sp³-hybridized carbons (Fsp3) is 0.438. The van der Waals surface area contributed by atoms with Gasteiger partial charge in [-0.2, -0.15) is 5.10 Å². The molecular weight excluding hydrogens is 234 g/mol. The van der Waals surface area contributed by atoms with Crippen molar-refractivity contribution in [2.24, 2.45) is 7.05 Å². The maximum absolute atomic E-state index is 4.26. The Bertz CT molecular complexity index is 502. The second-order valence-electron chi connectivity index (χ2n) is 5.19. The lowest BCUT2D eigenvalue weighted by Crippen LogP contribution is -2.26. The zero-order valence-electron chi connectivity index (χ0n) is 12.1. The Morgan fingerprint density at radius 1 is 1.26 bits per heavy atom. The van der Waals surface area contributed by atoms with E-state index < -0.39 is 0 Å². The number of aryl methyl sites for hydroxylation is 2. The molecule has 0 amide bonds. The van der Waals surface area contributed by atoms with Crippen molar-refractivity contribution < 1.29 is 0 Å². The molecule has 0 aliphatic rings. The van der Waals surface area contributed by atoms with Gasteiger partial charge < -0.3 is 5.32 Å². The van der Waals surface area contributed by atoms with Gasteiger partial charge in [-0.1, -0.05) is 30.3 Å². The summed E-state index contributed by atoms with van der Waals surface area (Å²) in [7, 11) is 1.98. The van der Waals surface area contributed by atoms with Gasteiger partial charge in [0, 0.05) is 30.9 Å². The largest absolute Gasteiger partial charge is 0.310 e. The fourth-order valence-electron chi connectivity index (χ4n) is 2.13. The van der Waals surface area contributed by atoms with Crippen LogP contribution < -0.4 is 5.32 Å². The standard InChI is InChI=1S/C16H23N3/c1-13(9-10-15-7-5-4-6-8-15)17-11-16-12-18-19(3)14(16)2/h4-8,12-13,17H,9-11H2,1-3H3. The summed E-state index contributed by atoms with van der Waals surface area (Å²) >= 11 is 0. The number of nitrogens with one attached hydrogen (secondary N) is 1. The molecule has 1 heterocycles. The van der Waals surface area contributed by atoms with E-state index in [1.54, 1.807) is 0 Å². The lowest BCUT2D eigenvalue weighted by Gasteiger charge is -2.13. The molecule has 0 fully saturated rings.